The molecule has 0 fully saturated rings. The number of hydrogen-bond donors (Lipinski definition) is 0. The molecule has 0 radical (unpaired) electrons. The number of quaternary nitrogens is 1. The zero-order chi connectivity index (χ0) is 16.1. The van der Waals surface area contributed by atoms with Gasteiger partial charge in [0.15, 0.2) is 0 Å². The maximum Gasteiger partial charge on any atom is 1.00 e. The molecule has 0 aromatic heterocycles. The first kappa shape index (κ1) is 22.4. The minimum atomic E-state index is -5.39. The Bertz CT molecular complexity index is 241. The predicted octanol–water partition coefficient (Wildman–Crippen LogP) is 1.62. The smallest absolute Gasteiger partial charge is 0.822 e. The Labute approximate surface area is 127 Å². The molecule has 0 unspecified atom stereocenters. The number of hydrogen-bond acceptors (Lipinski definition) is 4. The fourth-order valence-corrected chi connectivity index (χ4v) is 2.05. The van der Waals surface area contributed by atoms with Crippen LogP contribution in [0.3, 0.4) is 0 Å². The molecule has 0 rings (SSSR count). The first-order valence-corrected chi connectivity index (χ1v) is 9.13. The highest BCUT2D eigenvalue weighted by Gasteiger charge is 2.13. The molecular formula is C14H34NO4P. The van der Waals surface area contributed by atoms with Crippen molar-refractivity contribution in [2.24, 2.45) is 0 Å². The van der Waals surface area contributed by atoms with Gasteiger partial charge in [0.2, 0.25) is 0 Å². The summed E-state index contributed by atoms with van der Waals surface area (Å²) < 4.78 is 9.78. The van der Waals surface area contributed by atoms with Gasteiger partial charge in [-0.1, -0.05) is 39.5 Å². The van der Waals surface area contributed by atoms with Crippen LogP contribution in [0.25, 0.3) is 0 Å². The Kier molecular flexibility index (Phi) is 14.3. The average molecular weight is 311 g/mol. The fraction of sp³-hybridized carbons (Fsp3) is 1.00. The molecular weight excluding hydrogens is 277 g/mol. The molecule has 0 saturated carbocycles. The van der Waals surface area contributed by atoms with Gasteiger partial charge < -0.3 is 23.7 Å². The first-order valence-electron chi connectivity index (χ1n) is 7.67. The molecule has 0 aromatic rings. The second-order valence-electron chi connectivity index (χ2n) is 5.95. The van der Waals surface area contributed by atoms with Crippen LogP contribution in [-0.4, -0.2) is 31.7 Å². The fourth-order valence-electron chi connectivity index (χ4n) is 2.05. The molecule has 0 spiro atoms. The maximum absolute atomic E-state index is 8.55. The van der Waals surface area contributed by atoms with Gasteiger partial charge in [-0.15, -0.1) is 0 Å². The Balaban J connectivity index is -0.000000201. The van der Waals surface area contributed by atoms with Crippen LogP contribution >= 0.6 is 7.82 Å². The van der Waals surface area contributed by atoms with Gasteiger partial charge in [-0.2, -0.15) is 7.82 Å². The molecule has 0 heterocycles. The summed E-state index contributed by atoms with van der Waals surface area (Å²) in [5, 5.41) is 0. The van der Waals surface area contributed by atoms with E-state index >= 15 is 0 Å². The van der Waals surface area contributed by atoms with Crippen molar-refractivity contribution >= 4 is 7.82 Å². The summed E-state index contributed by atoms with van der Waals surface area (Å²) in [4.78, 5) is 25.6. The Morgan fingerprint density at radius 2 is 1.10 bits per heavy atom. The Morgan fingerprint density at radius 1 is 0.800 bits per heavy atom. The monoisotopic (exact) mass is 311 g/mol. The molecule has 0 aliphatic carbocycles. The van der Waals surface area contributed by atoms with Crippen molar-refractivity contribution in [3.63, 3.8) is 0 Å². The Hall–Kier alpha value is 0.0700. The molecule has 20 heavy (non-hydrogen) atoms. The second-order valence-corrected chi connectivity index (χ2v) is 6.85. The summed E-state index contributed by atoms with van der Waals surface area (Å²) in [6, 6.07) is 0. The highest BCUT2D eigenvalue weighted by atomic mass is 31.2. The van der Waals surface area contributed by atoms with Gasteiger partial charge in [0.25, 0.3) is 0 Å². The van der Waals surface area contributed by atoms with Crippen molar-refractivity contribution < 1.29 is 26.6 Å². The summed E-state index contributed by atoms with van der Waals surface area (Å²) in [7, 11) is -0.615. The zero-order valence-electron chi connectivity index (χ0n) is 15.6. The van der Waals surface area contributed by atoms with Gasteiger partial charge in [-0.3, -0.25) is 0 Å². The average Bonchev–Trinajstić information content (AvgIpc) is 2.28. The standard InChI is InChI=1S/C14H32N.H3O4P/c1-5-7-9-11-13-15(3,4)14-12-10-8-6-2;1-5(2,3)4/h5-14H2,1-4H3;(H3,1,2,3,4)/q+1;/p-1. The third-order valence-corrected chi connectivity index (χ3v) is 3.23. The van der Waals surface area contributed by atoms with E-state index in [9.17, 15) is 0 Å². The summed E-state index contributed by atoms with van der Waals surface area (Å²) in [6.45, 7) is 7.30. The van der Waals surface area contributed by atoms with Crippen molar-refractivity contribution in [3.05, 3.63) is 0 Å². The number of nitrogens with zero attached hydrogens (tertiary/aromatic N) is 1. The lowest BCUT2D eigenvalue weighted by Crippen LogP contribution is -2.41. The van der Waals surface area contributed by atoms with E-state index in [0.717, 1.165) is 0 Å². The van der Waals surface area contributed by atoms with Crippen molar-refractivity contribution in [1.29, 1.82) is 0 Å². The van der Waals surface area contributed by atoms with Gasteiger partial charge in [0.05, 0.1) is 27.2 Å². The number of phosphoric acid groups is 1. The Morgan fingerprint density at radius 3 is 1.35 bits per heavy atom. The minimum Gasteiger partial charge on any atom is -0.822 e. The van der Waals surface area contributed by atoms with Crippen molar-refractivity contribution in [3.8, 4) is 0 Å². The highest BCUT2D eigenvalue weighted by Crippen LogP contribution is 2.08. The molecule has 6 heteroatoms. The van der Waals surface area contributed by atoms with E-state index in [0.29, 0.717) is 0 Å². The lowest BCUT2D eigenvalue weighted by molar-refractivity contribution is -0.890. The topological polar surface area (TPSA) is 86.2 Å². The summed E-state index contributed by atoms with van der Waals surface area (Å²) in [5.74, 6) is 0. The quantitative estimate of drug-likeness (QED) is 0.348. The van der Waals surface area contributed by atoms with E-state index in [1.54, 1.807) is 0 Å². The lowest BCUT2D eigenvalue weighted by Gasteiger charge is -2.36. The van der Waals surface area contributed by atoms with Crippen LogP contribution < -0.4 is 14.7 Å². The summed E-state index contributed by atoms with van der Waals surface area (Å²) >= 11 is 0. The SMILES string of the molecule is CCCCCC[N+](C)(C)CCCCCC.O=P([O-])([O-])[O-].[H+].[H+]. The van der Waals surface area contributed by atoms with Crippen LogP contribution in [0.1, 0.15) is 68.1 Å². The largest absolute Gasteiger partial charge is 1.00 e. The van der Waals surface area contributed by atoms with Crippen LogP contribution in [0, 0.1) is 0 Å². The first-order chi connectivity index (χ1) is 9.12. The van der Waals surface area contributed by atoms with E-state index in [-0.39, 0.29) is 2.85 Å². The highest BCUT2D eigenvalue weighted by molar-refractivity contribution is 7.40. The van der Waals surface area contributed by atoms with E-state index in [1.165, 1.54) is 68.9 Å². The third kappa shape index (κ3) is 26.6. The normalized spacial score (nSPS) is 11.9. The predicted molar refractivity (Wildman–Crippen MR) is 80.0 cm³/mol. The van der Waals surface area contributed by atoms with Gasteiger partial charge in [-0.25, -0.2) is 0 Å². The molecule has 0 atom stereocenters. The maximum atomic E-state index is 8.55. The molecule has 0 aliphatic rings. The van der Waals surface area contributed by atoms with Crippen LogP contribution in [0.5, 0.6) is 0 Å². The van der Waals surface area contributed by atoms with Crippen LogP contribution in [0.15, 0.2) is 0 Å². The van der Waals surface area contributed by atoms with Gasteiger partial charge in [0.1, 0.15) is 0 Å². The molecule has 0 amide bonds. The molecule has 0 bridgehead atoms. The van der Waals surface area contributed by atoms with Gasteiger partial charge in [-0.05, 0) is 25.7 Å². The van der Waals surface area contributed by atoms with Gasteiger partial charge >= 0.3 is 2.85 Å². The molecule has 0 saturated heterocycles. The van der Waals surface area contributed by atoms with E-state index in [2.05, 4.69) is 27.9 Å². The van der Waals surface area contributed by atoms with Crippen LogP contribution in [0.2, 0.25) is 0 Å². The van der Waals surface area contributed by atoms with Crippen molar-refractivity contribution in [2.45, 2.75) is 65.2 Å². The van der Waals surface area contributed by atoms with Crippen molar-refractivity contribution in [2.75, 3.05) is 27.2 Å². The molecule has 5 nitrogen and oxygen atoms in total. The summed E-state index contributed by atoms with van der Waals surface area (Å²) in [6.07, 6.45) is 11.2. The minimum absolute atomic E-state index is 0. The molecule has 0 N–H and O–H groups in total. The number of rotatable bonds is 10. The van der Waals surface area contributed by atoms with Crippen LogP contribution in [0.4, 0.5) is 0 Å². The van der Waals surface area contributed by atoms with Gasteiger partial charge in [0, 0.05) is 0 Å². The molecule has 0 aliphatic heterocycles. The lowest BCUT2D eigenvalue weighted by atomic mass is 10.1. The van der Waals surface area contributed by atoms with Crippen LogP contribution in [-0.2, 0) is 4.57 Å². The third-order valence-electron chi connectivity index (χ3n) is 3.23. The van der Waals surface area contributed by atoms with Crippen molar-refractivity contribution in [1.82, 2.24) is 0 Å². The van der Waals surface area contributed by atoms with E-state index in [4.69, 9.17) is 19.2 Å². The van der Waals surface area contributed by atoms with E-state index < -0.39 is 7.82 Å². The molecule has 124 valence electrons. The van der Waals surface area contributed by atoms with E-state index in [1.807, 2.05) is 0 Å². The number of unbranched alkanes of at least 4 members (excludes halogenated alkanes) is 6. The zero-order valence-corrected chi connectivity index (χ0v) is 14.5. The summed E-state index contributed by atoms with van der Waals surface area (Å²) in [5.41, 5.74) is 0. The second kappa shape index (κ2) is 12.8. The molecule has 0 aromatic carbocycles.